The number of ether oxygens (including phenoxy) is 2. The summed E-state index contributed by atoms with van der Waals surface area (Å²) < 4.78 is 41.2. The number of rotatable bonds is 10. The number of allylic oxidation sites excluding steroid dienone is 1. The fourth-order valence-electron chi connectivity index (χ4n) is 4.28. The summed E-state index contributed by atoms with van der Waals surface area (Å²) in [6.07, 6.45) is 10.1. The first-order valence-corrected chi connectivity index (χ1v) is 13.0. The third-order valence-electron chi connectivity index (χ3n) is 6.20. The lowest BCUT2D eigenvalue weighted by molar-refractivity contribution is 0.102. The molecule has 12 heteroatoms. The van der Waals surface area contributed by atoms with E-state index in [1.807, 2.05) is 0 Å². The molecule has 3 heterocycles. The Morgan fingerprint density at radius 1 is 1.07 bits per heavy atom. The highest BCUT2D eigenvalue weighted by Crippen LogP contribution is 2.31. The van der Waals surface area contributed by atoms with Crippen molar-refractivity contribution in [2.24, 2.45) is 0 Å². The molecule has 0 saturated heterocycles. The quantitative estimate of drug-likeness (QED) is 0.145. The van der Waals surface area contributed by atoms with E-state index in [2.05, 4.69) is 20.3 Å². The van der Waals surface area contributed by atoms with Crippen LogP contribution >= 0.6 is 0 Å². The second-order valence-corrected chi connectivity index (χ2v) is 8.93. The average Bonchev–Trinajstić information content (AvgIpc) is 3.50. The van der Waals surface area contributed by atoms with Gasteiger partial charge in [-0.25, -0.2) is 18.7 Å². The summed E-state index contributed by atoms with van der Waals surface area (Å²) in [5.74, 6) is -2.11. The van der Waals surface area contributed by atoms with Crippen LogP contribution < -0.4 is 20.3 Å². The molecule has 0 unspecified atom stereocenters. The lowest BCUT2D eigenvalue weighted by atomic mass is 10.1. The van der Waals surface area contributed by atoms with Gasteiger partial charge in [0, 0.05) is 65.6 Å². The van der Waals surface area contributed by atoms with E-state index in [0.29, 0.717) is 22.5 Å². The van der Waals surface area contributed by atoms with Gasteiger partial charge in [0.25, 0.3) is 11.5 Å². The Morgan fingerprint density at radius 3 is 2.53 bits per heavy atom. The van der Waals surface area contributed by atoms with Gasteiger partial charge in [-0.3, -0.25) is 14.2 Å². The number of carbonyl (C=O) groups is 1. The maximum Gasteiger partial charge on any atom is 0.271 e. The van der Waals surface area contributed by atoms with Crippen LogP contribution in [0.4, 0.5) is 14.5 Å². The topological polar surface area (TPSA) is 135 Å². The van der Waals surface area contributed by atoms with Gasteiger partial charge in [0.2, 0.25) is 0 Å². The lowest BCUT2D eigenvalue weighted by Crippen LogP contribution is -2.29. The summed E-state index contributed by atoms with van der Waals surface area (Å²) in [6, 6.07) is 12.2. The van der Waals surface area contributed by atoms with E-state index < -0.39 is 23.1 Å². The maximum atomic E-state index is 15.3. The fourth-order valence-corrected chi connectivity index (χ4v) is 4.28. The van der Waals surface area contributed by atoms with Gasteiger partial charge in [0.05, 0.1) is 12.3 Å². The third-order valence-corrected chi connectivity index (χ3v) is 6.20. The van der Waals surface area contributed by atoms with Crippen LogP contribution in [-0.2, 0) is 0 Å². The van der Waals surface area contributed by atoms with Crippen LogP contribution in [0.1, 0.15) is 23.0 Å². The summed E-state index contributed by atoms with van der Waals surface area (Å²) in [5.41, 5.74) is 1.21. The van der Waals surface area contributed by atoms with Crippen LogP contribution in [0.15, 0.2) is 96.6 Å². The minimum Gasteiger partial charge on any atom is -0.493 e. The number of benzene rings is 2. The van der Waals surface area contributed by atoms with E-state index in [1.54, 1.807) is 31.6 Å². The first-order chi connectivity index (χ1) is 20.9. The van der Waals surface area contributed by atoms with Crippen LogP contribution in [0.2, 0.25) is 0 Å². The zero-order valence-electron chi connectivity index (χ0n) is 22.7. The molecule has 10 nitrogen and oxygen atoms in total. The fraction of sp³-hybridized carbons (Fsp3) is 0.0645. The lowest BCUT2D eigenvalue weighted by Gasteiger charge is -2.14. The number of aromatic nitrogens is 4. The molecule has 43 heavy (non-hydrogen) atoms. The highest BCUT2D eigenvalue weighted by atomic mass is 19.1. The predicted molar refractivity (Wildman–Crippen MR) is 157 cm³/mol. The van der Waals surface area contributed by atoms with Gasteiger partial charge >= 0.3 is 0 Å². The number of nitrogens with zero attached hydrogens (tertiary/aromatic N) is 3. The second kappa shape index (κ2) is 12.7. The second-order valence-electron chi connectivity index (χ2n) is 8.93. The Bertz CT molecular complexity index is 1870. The molecule has 5 rings (SSSR count). The third kappa shape index (κ3) is 6.22. The summed E-state index contributed by atoms with van der Waals surface area (Å²) >= 11 is 0. The zero-order chi connectivity index (χ0) is 30.3. The minimum absolute atomic E-state index is 0.0378. The molecule has 0 spiro atoms. The smallest absolute Gasteiger partial charge is 0.271 e. The molecule has 0 atom stereocenters. The van der Waals surface area contributed by atoms with Gasteiger partial charge in [-0.1, -0.05) is 0 Å². The molecule has 1 amide bonds. The largest absolute Gasteiger partial charge is 0.493 e. The summed E-state index contributed by atoms with van der Waals surface area (Å²) in [4.78, 5) is 37.7. The van der Waals surface area contributed by atoms with Crippen LogP contribution in [0.5, 0.6) is 11.5 Å². The van der Waals surface area contributed by atoms with E-state index in [9.17, 15) is 14.0 Å². The molecule has 216 valence electrons. The molecule has 0 aliphatic heterocycles. The van der Waals surface area contributed by atoms with Crippen LogP contribution in [0.3, 0.4) is 0 Å². The van der Waals surface area contributed by atoms with E-state index in [0.717, 1.165) is 12.3 Å². The van der Waals surface area contributed by atoms with Gasteiger partial charge in [-0.15, -0.1) is 0 Å². The van der Waals surface area contributed by atoms with Crippen LogP contribution in [0, 0.1) is 17.0 Å². The molecule has 2 aromatic carbocycles. The number of anilines is 1. The van der Waals surface area contributed by atoms with Crippen molar-refractivity contribution in [3.8, 4) is 28.3 Å². The van der Waals surface area contributed by atoms with Crippen molar-refractivity contribution in [3.05, 3.63) is 125 Å². The molecule has 5 aromatic rings. The summed E-state index contributed by atoms with van der Waals surface area (Å²) in [5, 5.41) is 10.1. The van der Waals surface area contributed by atoms with Crippen LogP contribution in [-0.4, -0.2) is 38.2 Å². The molecular formula is C31H24F2N6O4. The van der Waals surface area contributed by atoms with Gasteiger partial charge in [-0.2, -0.15) is 0 Å². The number of halogens is 2. The van der Waals surface area contributed by atoms with E-state index in [4.69, 9.17) is 14.9 Å². The van der Waals surface area contributed by atoms with Crippen molar-refractivity contribution < 1.29 is 23.0 Å². The number of carbonyl (C=O) groups excluding carboxylic acids is 1. The van der Waals surface area contributed by atoms with Crippen molar-refractivity contribution in [1.29, 1.82) is 5.41 Å². The molecule has 3 aromatic heterocycles. The van der Waals surface area contributed by atoms with E-state index in [-0.39, 0.29) is 35.1 Å². The Morgan fingerprint density at radius 2 is 1.84 bits per heavy atom. The molecule has 0 aliphatic carbocycles. The number of amides is 1. The molecule has 0 fully saturated rings. The first-order valence-electron chi connectivity index (χ1n) is 13.0. The Labute approximate surface area is 243 Å². The Balaban J connectivity index is 1.41. The predicted octanol–water partition coefficient (Wildman–Crippen LogP) is 5.62. The molecule has 0 aliphatic rings. The molecule has 0 radical (unpaired) electrons. The molecule has 0 bridgehead atoms. The summed E-state index contributed by atoms with van der Waals surface area (Å²) in [6.45, 7) is 1.89. The van der Waals surface area contributed by atoms with Crippen molar-refractivity contribution in [2.75, 3.05) is 11.9 Å². The summed E-state index contributed by atoms with van der Waals surface area (Å²) in [7, 11) is 0. The Hall–Kier alpha value is -5.91. The normalized spacial score (nSPS) is 11.2. The van der Waals surface area contributed by atoms with Gasteiger partial charge in [-0.05, 0) is 55.5 Å². The standard InChI is InChI=1S/C31H24F2N6O4/c1-2-42-26-11-14-39(22-6-3-20(32)4-7-22)31(41)28(26)30(40)38-21-5-8-25(24(33)15-21)43-27(9-12-34)29-23(10-13-37-29)19-16-35-18-36-17-19/h3-18,34,37H,2H2,1H3,(H,38,40)/b27-9+,34-12?. The first kappa shape index (κ1) is 28.6. The molecule has 0 saturated carbocycles. The monoisotopic (exact) mass is 582 g/mol. The Kier molecular flexibility index (Phi) is 8.47. The number of nitrogens with one attached hydrogen (secondary N) is 3. The highest BCUT2D eigenvalue weighted by Gasteiger charge is 2.21. The number of pyridine rings is 1. The van der Waals surface area contributed by atoms with Gasteiger partial charge in [0.15, 0.2) is 17.3 Å². The van der Waals surface area contributed by atoms with Crippen molar-refractivity contribution in [1.82, 2.24) is 19.5 Å². The number of hydrogen-bond acceptors (Lipinski definition) is 7. The number of H-pyrrole nitrogens is 1. The van der Waals surface area contributed by atoms with Crippen molar-refractivity contribution in [2.45, 2.75) is 6.92 Å². The van der Waals surface area contributed by atoms with Gasteiger partial charge < -0.3 is 25.2 Å². The van der Waals surface area contributed by atoms with E-state index >= 15 is 4.39 Å². The minimum atomic E-state index is -0.830. The average molecular weight is 583 g/mol. The molecular weight excluding hydrogens is 558 g/mol. The van der Waals surface area contributed by atoms with E-state index in [1.165, 1.54) is 65.6 Å². The van der Waals surface area contributed by atoms with Crippen molar-refractivity contribution in [3.63, 3.8) is 0 Å². The van der Waals surface area contributed by atoms with Crippen molar-refractivity contribution >= 4 is 23.6 Å². The molecule has 3 N–H and O–H groups in total. The number of hydrogen-bond donors (Lipinski definition) is 3. The maximum absolute atomic E-state index is 15.3. The van der Waals surface area contributed by atoms with Crippen LogP contribution in [0.25, 0.3) is 22.6 Å². The van der Waals surface area contributed by atoms with Gasteiger partial charge in [0.1, 0.15) is 23.5 Å². The zero-order valence-corrected chi connectivity index (χ0v) is 22.7. The highest BCUT2D eigenvalue weighted by molar-refractivity contribution is 6.06. The SMILES string of the molecule is CCOc1ccn(-c2ccc(F)cc2)c(=O)c1C(=O)Nc1ccc(O/C(=C/C=N)c2[nH]ccc2-c2cncnc2)c(F)c1. The number of aromatic amines is 1.